The van der Waals surface area contributed by atoms with Crippen LogP contribution < -0.4 is 20.4 Å². The van der Waals surface area contributed by atoms with Crippen molar-refractivity contribution in [1.29, 1.82) is 0 Å². The van der Waals surface area contributed by atoms with Gasteiger partial charge >= 0.3 is 0 Å². The first-order chi connectivity index (χ1) is 17.0. The molecule has 174 valence electrons. The SMILES string of the molecule is Cc1c(P(=S)(c2ccccc2)c2ccccc2)[n+]2ccccc2n1C/C=C/c1ccc(Br)c(F)c1. The summed E-state index contributed by atoms with van der Waals surface area (Å²) in [6, 6.07) is 30.0. The van der Waals surface area contributed by atoms with Crippen LogP contribution in [0.5, 0.6) is 0 Å². The zero-order chi connectivity index (χ0) is 24.4. The van der Waals surface area contributed by atoms with Crippen LogP contribution in [0.2, 0.25) is 0 Å². The fourth-order valence-corrected chi connectivity index (χ4v) is 9.15. The molecule has 0 aliphatic heterocycles. The number of aromatic nitrogens is 2. The van der Waals surface area contributed by atoms with Crippen LogP contribution in [-0.4, -0.2) is 4.57 Å². The normalized spacial score (nSPS) is 12.0. The molecule has 0 bridgehead atoms. The van der Waals surface area contributed by atoms with Gasteiger partial charge in [0.25, 0.3) is 5.65 Å². The molecule has 0 fully saturated rings. The monoisotopic (exact) mass is 561 g/mol. The molecule has 0 aliphatic carbocycles. The van der Waals surface area contributed by atoms with E-state index < -0.39 is 6.04 Å². The van der Waals surface area contributed by atoms with Gasteiger partial charge in [-0.1, -0.05) is 90.7 Å². The molecular formula is C29H24BrFN2PS+. The number of hydrogen-bond acceptors (Lipinski definition) is 1. The van der Waals surface area contributed by atoms with E-state index in [4.69, 9.17) is 11.8 Å². The Morgan fingerprint density at radius 1 is 0.914 bits per heavy atom. The van der Waals surface area contributed by atoms with Crippen LogP contribution >= 0.6 is 22.0 Å². The number of halogens is 2. The van der Waals surface area contributed by atoms with E-state index in [0.717, 1.165) is 22.3 Å². The molecule has 3 aromatic carbocycles. The molecule has 0 aliphatic rings. The Balaban J connectivity index is 1.67. The van der Waals surface area contributed by atoms with Gasteiger partial charge in [0, 0.05) is 13.0 Å². The minimum atomic E-state index is -2.34. The smallest absolute Gasteiger partial charge is 0.223 e. The molecule has 2 nitrogen and oxygen atoms in total. The molecule has 0 saturated heterocycles. The van der Waals surface area contributed by atoms with Crippen molar-refractivity contribution in [3.05, 3.63) is 131 Å². The Hall–Kier alpha value is -2.85. The van der Waals surface area contributed by atoms with Crippen LogP contribution in [0, 0.1) is 12.7 Å². The fourth-order valence-electron chi connectivity index (χ4n) is 4.49. The van der Waals surface area contributed by atoms with E-state index in [1.807, 2.05) is 24.3 Å². The molecule has 5 rings (SSSR count). The summed E-state index contributed by atoms with van der Waals surface area (Å²) in [6.45, 7) is 2.80. The van der Waals surface area contributed by atoms with E-state index in [1.165, 1.54) is 16.7 Å². The van der Waals surface area contributed by atoms with Crippen LogP contribution in [0.4, 0.5) is 4.39 Å². The lowest BCUT2D eigenvalue weighted by molar-refractivity contribution is -0.490. The lowest BCUT2D eigenvalue weighted by Gasteiger charge is -2.21. The van der Waals surface area contributed by atoms with Crippen molar-refractivity contribution in [2.24, 2.45) is 0 Å². The van der Waals surface area contributed by atoms with Crippen molar-refractivity contribution >= 4 is 61.5 Å². The molecule has 0 unspecified atom stereocenters. The van der Waals surface area contributed by atoms with Crippen molar-refractivity contribution < 1.29 is 8.79 Å². The molecular weight excluding hydrogens is 538 g/mol. The van der Waals surface area contributed by atoms with Crippen molar-refractivity contribution in [2.45, 2.75) is 13.5 Å². The van der Waals surface area contributed by atoms with Crippen LogP contribution in [0.15, 0.2) is 114 Å². The molecule has 35 heavy (non-hydrogen) atoms. The van der Waals surface area contributed by atoms with Gasteiger partial charge in [0.2, 0.25) is 0 Å². The van der Waals surface area contributed by atoms with Gasteiger partial charge in [0.1, 0.15) is 18.1 Å². The molecule has 6 heteroatoms. The highest BCUT2D eigenvalue weighted by Crippen LogP contribution is 2.42. The molecule has 0 saturated carbocycles. The maximum absolute atomic E-state index is 14.0. The highest BCUT2D eigenvalue weighted by atomic mass is 79.9. The second kappa shape index (κ2) is 10.0. The molecule has 0 amide bonds. The number of nitrogens with zero attached hydrogens (tertiary/aromatic N) is 2. The number of allylic oxidation sites excluding steroid dienone is 1. The molecule has 0 N–H and O–H groups in total. The third-order valence-corrected chi connectivity index (χ3v) is 11.8. The third kappa shape index (κ3) is 4.45. The number of hydrogen-bond donors (Lipinski definition) is 0. The molecule has 2 aromatic heterocycles. The predicted molar refractivity (Wildman–Crippen MR) is 152 cm³/mol. The highest BCUT2D eigenvalue weighted by Gasteiger charge is 2.36. The van der Waals surface area contributed by atoms with Gasteiger partial charge in [-0.25, -0.2) is 8.96 Å². The van der Waals surface area contributed by atoms with Gasteiger partial charge in [-0.05, 0) is 56.4 Å². The number of rotatable bonds is 6. The Labute approximate surface area is 218 Å². The van der Waals surface area contributed by atoms with Gasteiger partial charge in [0.05, 0.1) is 16.7 Å². The minimum absolute atomic E-state index is 0.265. The van der Waals surface area contributed by atoms with Crippen molar-refractivity contribution in [3.63, 3.8) is 0 Å². The van der Waals surface area contributed by atoms with Gasteiger partial charge in [-0.3, -0.25) is 0 Å². The number of imidazole rings is 1. The van der Waals surface area contributed by atoms with Crippen molar-refractivity contribution in [2.75, 3.05) is 0 Å². The van der Waals surface area contributed by atoms with Crippen molar-refractivity contribution in [1.82, 2.24) is 4.57 Å². The molecule has 0 spiro atoms. The number of fused-ring (bicyclic) bond motifs is 1. The predicted octanol–water partition coefficient (Wildman–Crippen LogP) is 5.91. The highest BCUT2D eigenvalue weighted by molar-refractivity contribution is 9.10. The summed E-state index contributed by atoms with van der Waals surface area (Å²) >= 11 is 9.88. The maximum atomic E-state index is 14.0. The molecule has 2 heterocycles. The minimum Gasteiger partial charge on any atom is -0.223 e. The number of benzene rings is 3. The zero-order valence-electron chi connectivity index (χ0n) is 19.2. The summed E-state index contributed by atoms with van der Waals surface area (Å²) in [4.78, 5) is 0. The van der Waals surface area contributed by atoms with Gasteiger partial charge in [-0.2, -0.15) is 4.40 Å². The second-order valence-electron chi connectivity index (χ2n) is 8.30. The standard InChI is InChI=1S/C29H24BrFN2PS/c1-22-29(34(35,24-12-4-2-5-13-24)25-14-6-3-7-15-25)33-19-9-8-16-28(33)32(22)20-10-11-23-17-18-26(30)27(31)21-23/h2-19,21H,20H2,1H3/q+1/b11-10+. The van der Waals surface area contributed by atoms with E-state index in [1.54, 1.807) is 6.07 Å². The average molecular weight is 562 g/mol. The van der Waals surface area contributed by atoms with Crippen LogP contribution in [0.3, 0.4) is 0 Å². The summed E-state index contributed by atoms with van der Waals surface area (Å²) in [5.74, 6) is -0.265. The molecule has 0 radical (unpaired) electrons. The summed E-state index contributed by atoms with van der Waals surface area (Å²) in [6.07, 6.45) is 6.13. The summed E-state index contributed by atoms with van der Waals surface area (Å²) < 4.78 is 19.0. The van der Waals surface area contributed by atoms with E-state index in [0.29, 0.717) is 11.0 Å². The van der Waals surface area contributed by atoms with Gasteiger partial charge in [-0.15, -0.1) is 0 Å². The van der Waals surface area contributed by atoms with Crippen molar-refractivity contribution in [3.8, 4) is 0 Å². The Bertz CT molecular complexity index is 1540. The lowest BCUT2D eigenvalue weighted by Crippen LogP contribution is -2.42. The second-order valence-corrected chi connectivity index (χ2v) is 13.5. The van der Waals surface area contributed by atoms with Crippen LogP contribution in [0.1, 0.15) is 11.3 Å². The first-order valence-electron chi connectivity index (χ1n) is 11.3. The lowest BCUT2D eigenvalue weighted by atomic mass is 10.2. The van der Waals surface area contributed by atoms with Gasteiger partial charge in [0.15, 0.2) is 5.44 Å². The summed E-state index contributed by atoms with van der Waals surface area (Å²) in [5, 5.41) is 2.33. The molecule has 0 atom stereocenters. The first kappa shape index (κ1) is 23.9. The van der Waals surface area contributed by atoms with E-state index in [-0.39, 0.29) is 5.82 Å². The fraction of sp³-hybridized carbons (Fsp3) is 0.0690. The van der Waals surface area contributed by atoms with E-state index in [9.17, 15) is 4.39 Å². The quantitative estimate of drug-likeness (QED) is 0.185. The average Bonchev–Trinajstić information content (AvgIpc) is 3.18. The van der Waals surface area contributed by atoms with E-state index in [2.05, 4.69) is 111 Å². The Kier molecular flexibility index (Phi) is 6.84. The third-order valence-electron chi connectivity index (χ3n) is 6.15. The molecule has 5 aromatic rings. The van der Waals surface area contributed by atoms with E-state index >= 15 is 0 Å². The van der Waals surface area contributed by atoms with Gasteiger partial charge < -0.3 is 0 Å². The Morgan fingerprint density at radius 2 is 1.54 bits per heavy atom. The van der Waals surface area contributed by atoms with Crippen LogP contribution in [0.25, 0.3) is 11.7 Å². The zero-order valence-corrected chi connectivity index (χ0v) is 22.5. The summed E-state index contributed by atoms with van der Waals surface area (Å²) in [7, 11) is 0. The first-order valence-corrected chi connectivity index (χ1v) is 14.9. The largest absolute Gasteiger partial charge is 0.287 e. The number of pyridine rings is 1. The topological polar surface area (TPSA) is 9.03 Å². The maximum Gasteiger partial charge on any atom is 0.287 e. The van der Waals surface area contributed by atoms with Crippen LogP contribution in [-0.2, 0) is 18.4 Å². The Morgan fingerprint density at radius 3 is 2.17 bits per heavy atom. The summed E-state index contributed by atoms with van der Waals surface area (Å²) in [5.41, 5.74) is 4.20.